The average Bonchev–Trinajstić information content (AvgIpc) is 2.68. The van der Waals surface area contributed by atoms with Gasteiger partial charge in [0.25, 0.3) is 0 Å². The van der Waals surface area contributed by atoms with E-state index in [9.17, 15) is 4.79 Å². The van der Waals surface area contributed by atoms with Gasteiger partial charge in [-0.1, -0.05) is 33.6 Å². The van der Waals surface area contributed by atoms with Gasteiger partial charge < -0.3 is 10.6 Å². The number of amides is 1. The first-order valence-electron chi connectivity index (χ1n) is 6.49. The molecule has 1 aliphatic rings. The molecule has 0 bridgehead atoms. The van der Waals surface area contributed by atoms with E-state index in [1.807, 2.05) is 20.8 Å². The molecule has 0 saturated heterocycles. The maximum atomic E-state index is 11.5. The van der Waals surface area contributed by atoms with E-state index in [0.717, 1.165) is 25.6 Å². The van der Waals surface area contributed by atoms with Crippen LogP contribution >= 0.6 is 0 Å². The first-order chi connectivity index (χ1) is 7.50. The SMILES string of the molecule is CC(C)(C)C(=O)NCCNCC1CCCC1. The fourth-order valence-electron chi connectivity index (χ4n) is 2.05. The van der Waals surface area contributed by atoms with Crippen LogP contribution < -0.4 is 10.6 Å². The minimum atomic E-state index is -0.272. The summed E-state index contributed by atoms with van der Waals surface area (Å²) in [6, 6.07) is 0. The molecule has 1 rings (SSSR count). The molecule has 0 aromatic heterocycles. The summed E-state index contributed by atoms with van der Waals surface area (Å²) < 4.78 is 0. The molecule has 0 heterocycles. The van der Waals surface area contributed by atoms with Crippen molar-refractivity contribution in [3.63, 3.8) is 0 Å². The molecule has 0 spiro atoms. The zero-order valence-corrected chi connectivity index (χ0v) is 10.9. The van der Waals surface area contributed by atoms with Crippen LogP contribution in [0.15, 0.2) is 0 Å². The zero-order valence-electron chi connectivity index (χ0n) is 10.9. The molecule has 1 aliphatic carbocycles. The summed E-state index contributed by atoms with van der Waals surface area (Å²) in [5.41, 5.74) is -0.272. The molecule has 0 aromatic carbocycles. The van der Waals surface area contributed by atoms with E-state index in [1.54, 1.807) is 0 Å². The maximum absolute atomic E-state index is 11.5. The lowest BCUT2D eigenvalue weighted by Crippen LogP contribution is -2.39. The van der Waals surface area contributed by atoms with E-state index in [0.29, 0.717) is 0 Å². The molecule has 94 valence electrons. The summed E-state index contributed by atoms with van der Waals surface area (Å²) in [5, 5.41) is 6.37. The standard InChI is InChI=1S/C13H26N2O/c1-13(2,3)12(16)15-9-8-14-10-11-6-4-5-7-11/h11,14H,4-10H2,1-3H3,(H,15,16). The smallest absolute Gasteiger partial charge is 0.225 e. The van der Waals surface area contributed by atoms with Crippen molar-refractivity contribution in [3.05, 3.63) is 0 Å². The second-order valence-corrected chi connectivity index (χ2v) is 5.86. The van der Waals surface area contributed by atoms with E-state index >= 15 is 0 Å². The number of carbonyl (C=O) groups excluding carboxylic acids is 1. The quantitative estimate of drug-likeness (QED) is 0.703. The third-order valence-corrected chi connectivity index (χ3v) is 3.18. The molecule has 0 radical (unpaired) electrons. The summed E-state index contributed by atoms with van der Waals surface area (Å²) in [4.78, 5) is 11.5. The molecule has 2 N–H and O–H groups in total. The van der Waals surface area contributed by atoms with Gasteiger partial charge in [0.05, 0.1) is 0 Å². The monoisotopic (exact) mass is 226 g/mol. The largest absolute Gasteiger partial charge is 0.354 e. The first kappa shape index (κ1) is 13.5. The van der Waals surface area contributed by atoms with Crippen molar-refractivity contribution in [3.8, 4) is 0 Å². The van der Waals surface area contributed by atoms with Crippen LogP contribution in [0.3, 0.4) is 0 Å². The van der Waals surface area contributed by atoms with Crippen molar-refractivity contribution >= 4 is 5.91 Å². The van der Waals surface area contributed by atoms with Crippen LogP contribution in [-0.4, -0.2) is 25.5 Å². The molecule has 0 aromatic rings. The van der Waals surface area contributed by atoms with Gasteiger partial charge in [-0.15, -0.1) is 0 Å². The lowest BCUT2D eigenvalue weighted by Gasteiger charge is -2.18. The summed E-state index contributed by atoms with van der Waals surface area (Å²) in [7, 11) is 0. The Balaban J connectivity index is 1.97. The normalized spacial score (nSPS) is 17.7. The van der Waals surface area contributed by atoms with Gasteiger partial charge >= 0.3 is 0 Å². The van der Waals surface area contributed by atoms with Gasteiger partial charge in [0.1, 0.15) is 0 Å². The molecule has 3 nitrogen and oxygen atoms in total. The molecule has 1 fully saturated rings. The highest BCUT2D eigenvalue weighted by Crippen LogP contribution is 2.23. The average molecular weight is 226 g/mol. The van der Waals surface area contributed by atoms with Crippen LogP contribution in [0.1, 0.15) is 46.5 Å². The lowest BCUT2D eigenvalue weighted by molar-refractivity contribution is -0.128. The van der Waals surface area contributed by atoms with Crippen molar-refractivity contribution in [2.45, 2.75) is 46.5 Å². The number of carbonyl (C=O) groups is 1. The zero-order chi connectivity index (χ0) is 12.0. The minimum Gasteiger partial charge on any atom is -0.354 e. The Bertz CT molecular complexity index is 214. The Kier molecular flexibility index (Phi) is 5.26. The van der Waals surface area contributed by atoms with Crippen LogP contribution in [0.4, 0.5) is 0 Å². The highest BCUT2D eigenvalue weighted by molar-refractivity contribution is 5.81. The second kappa shape index (κ2) is 6.24. The Labute approximate surface area is 99.4 Å². The van der Waals surface area contributed by atoms with Crippen molar-refractivity contribution in [2.24, 2.45) is 11.3 Å². The van der Waals surface area contributed by atoms with E-state index < -0.39 is 0 Å². The number of hydrogen-bond acceptors (Lipinski definition) is 2. The Morgan fingerprint density at radius 2 is 1.81 bits per heavy atom. The van der Waals surface area contributed by atoms with Crippen molar-refractivity contribution in [1.82, 2.24) is 10.6 Å². The molecular formula is C13H26N2O. The predicted octanol–water partition coefficient (Wildman–Crippen LogP) is 1.93. The Morgan fingerprint density at radius 3 is 2.38 bits per heavy atom. The Morgan fingerprint density at radius 1 is 1.19 bits per heavy atom. The first-order valence-corrected chi connectivity index (χ1v) is 6.49. The summed E-state index contributed by atoms with van der Waals surface area (Å²) in [6.45, 7) is 8.56. The van der Waals surface area contributed by atoms with Crippen LogP contribution in [-0.2, 0) is 4.79 Å². The van der Waals surface area contributed by atoms with Gasteiger partial charge in [-0.2, -0.15) is 0 Å². The number of rotatable bonds is 5. The highest BCUT2D eigenvalue weighted by Gasteiger charge is 2.20. The molecule has 0 unspecified atom stereocenters. The molecule has 1 amide bonds. The van der Waals surface area contributed by atoms with Gasteiger partial charge in [-0.3, -0.25) is 4.79 Å². The van der Waals surface area contributed by atoms with Gasteiger partial charge in [0.2, 0.25) is 5.91 Å². The van der Waals surface area contributed by atoms with Gasteiger partial charge in [0.15, 0.2) is 0 Å². The van der Waals surface area contributed by atoms with Crippen molar-refractivity contribution in [1.29, 1.82) is 0 Å². The summed E-state index contributed by atoms with van der Waals surface area (Å²) >= 11 is 0. The van der Waals surface area contributed by atoms with Crippen LogP contribution in [0.2, 0.25) is 0 Å². The van der Waals surface area contributed by atoms with E-state index in [4.69, 9.17) is 0 Å². The maximum Gasteiger partial charge on any atom is 0.225 e. The minimum absolute atomic E-state index is 0.134. The topological polar surface area (TPSA) is 41.1 Å². The molecule has 3 heteroatoms. The molecular weight excluding hydrogens is 200 g/mol. The third-order valence-electron chi connectivity index (χ3n) is 3.18. The summed E-state index contributed by atoms with van der Waals surface area (Å²) in [6.07, 6.45) is 5.54. The van der Waals surface area contributed by atoms with Crippen LogP contribution in [0.25, 0.3) is 0 Å². The highest BCUT2D eigenvalue weighted by atomic mass is 16.2. The molecule has 0 aliphatic heterocycles. The van der Waals surface area contributed by atoms with Crippen LogP contribution in [0.5, 0.6) is 0 Å². The van der Waals surface area contributed by atoms with Gasteiger partial charge in [-0.05, 0) is 25.3 Å². The van der Waals surface area contributed by atoms with Gasteiger partial charge in [-0.25, -0.2) is 0 Å². The van der Waals surface area contributed by atoms with E-state index in [2.05, 4.69) is 10.6 Å². The second-order valence-electron chi connectivity index (χ2n) is 5.86. The van der Waals surface area contributed by atoms with Crippen molar-refractivity contribution < 1.29 is 4.79 Å². The number of hydrogen-bond donors (Lipinski definition) is 2. The van der Waals surface area contributed by atoms with Crippen LogP contribution in [0, 0.1) is 11.3 Å². The molecule has 16 heavy (non-hydrogen) atoms. The van der Waals surface area contributed by atoms with Crippen molar-refractivity contribution in [2.75, 3.05) is 19.6 Å². The molecule has 1 saturated carbocycles. The van der Waals surface area contributed by atoms with Gasteiger partial charge in [0, 0.05) is 18.5 Å². The molecule has 0 atom stereocenters. The predicted molar refractivity (Wildman–Crippen MR) is 67.3 cm³/mol. The third kappa shape index (κ3) is 4.97. The lowest BCUT2D eigenvalue weighted by atomic mass is 9.96. The van der Waals surface area contributed by atoms with E-state index in [1.165, 1.54) is 25.7 Å². The fraction of sp³-hybridized carbons (Fsp3) is 0.923. The Hall–Kier alpha value is -0.570. The summed E-state index contributed by atoms with van der Waals surface area (Å²) in [5.74, 6) is 1.01. The fourth-order valence-corrected chi connectivity index (χ4v) is 2.05. The van der Waals surface area contributed by atoms with E-state index in [-0.39, 0.29) is 11.3 Å². The number of nitrogens with one attached hydrogen (secondary N) is 2.